The maximum atomic E-state index is 7.06. The molecule has 0 radical (unpaired) electrons. The van der Waals surface area contributed by atoms with Crippen molar-refractivity contribution in [1.29, 1.82) is 5.41 Å². The van der Waals surface area contributed by atoms with Gasteiger partial charge in [-0.1, -0.05) is 36.4 Å². The van der Waals surface area contributed by atoms with Gasteiger partial charge in [-0.3, -0.25) is 0 Å². The van der Waals surface area contributed by atoms with E-state index in [1.54, 1.807) is 0 Å². The predicted molar refractivity (Wildman–Crippen MR) is 60.8 cm³/mol. The molecule has 0 aliphatic carbocycles. The summed E-state index contributed by atoms with van der Waals surface area (Å²) in [4.78, 5) is 0. The van der Waals surface area contributed by atoms with E-state index in [0.29, 0.717) is 0 Å². The Morgan fingerprint density at radius 2 is 2.07 bits per heavy atom. The molecule has 3 N–H and O–H groups in total. The lowest BCUT2D eigenvalue weighted by Gasteiger charge is -2.10. The van der Waals surface area contributed by atoms with Crippen LogP contribution in [0.4, 0.5) is 0 Å². The fourth-order valence-electron chi connectivity index (χ4n) is 1.18. The third-order valence-electron chi connectivity index (χ3n) is 2.23. The standard InChI is InChI=1S/C12H16N2/c1-9(2)12(14)7-10-3-5-11(8-13)6-4-10/h3-6,8,12-13H,1,7,14H2,2H3. The van der Waals surface area contributed by atoms with E-state index in [0.717, 1.165) is 17.6 Å². The molecule has 0 aromatic heterocycles. The Kier molecular flexibility index (Phi) is 3.60. The Morgan fingerprint density at radius 3 is 2.50 bits per heavy atom. The van der Waals surface area contributed by atoms with Gasteiger partial charge in [0.15, 0.2) is 0 Å². The monoisotopic (exact) mass is 188 g/mol. The first-order valence-electron chi connectivity index (χ1n) is 4.64. The van der Waals surface area contributed by atoms with Gasteiger partial charge in [0.1, 0.15) is 0 Å². The number of rotatable bonds is 4. The summed E-state index contributed by atoms with van der Waals surface area (Å²) in [6.45, 7) is 5.76. The van der Waals surface area contributed by atoms with Crippen molar-refractivity contribution in [3.8, 4) is 0 Å². The van der Waals surface area contributed by atoms with Gasteiger partial charge >= 0.3 is 0 Å². The molecule has 0 amide bonds. The van der Waals surface area contributed by atoms with E-state index >= 15 is 0 Å². The minimum atomic E-state index is 0.0285. The van der Waals surface area contributed by atoms with Crippen molar-refractivity contribution >= 4 is 6.21 Å². The fraction of sp³-hybridized carbons (Fsp3) is 0.250. The van der Waals surface area contributed by atoms with Crippen LogP contribution in [-0.2, 0) is 6.42 Å². The summed E-state index contributed by atoms with van der Waals surface area (Å²) >= 11 is 0. The number of nitrogens with one attached hydrogen (secondary N) is 1. The Hall–Kier alpha value is -1.41. The Morgan fingerprint density at radius 1 is 1.50 bits per heavy atom. The average Bonchev–Trinajstić information content (AvgIpc) is 2.19. The largest absolute Gasteiger partial charge is 0.324 e. The second-order valence-corrected chi connectivity index (χ2v) is 3.54. The lowest BCUT2D eigenvalue weighted by atomic mass is 10.0. The van der Waals surface area contributed by atoms with Crippen LogP contribution in [0.15, 0.2) is 36.4 Å². The van der Waals surface area contributed by atoms with Crippen LogP contribution in [0.25, 0.3) is 0 Å². The van der Waals surface area contributed by atoms with Crippen molar-refractivity contribution < 1.29 is 0 Å². The summed E-state index contributed by atoms with van der Waals surface area (Å²) in [5.41, 5.74) is 8.98. The zero-order valence-electron chi connectivity index (χ0n) is 8.46. The van der Waals surface area contributed by atoms with Gasteiger partial charge in [-0.05, 0) is 24.5 Å². The van der Waals surface area contributed by atoms with Crippen LogP contribution >= 0.6 is 0 Å². The van der Waals surface area contributed by atoms with Crippen LogP contribution in [0.3, 0.4) is 0 Å². The highest BCUT2D eigenvalue weighted by Crippen LogP contribution is 2.07. The summed E-state index contributed by atoms with van der Waals surface area (Å²) in [5, 5.41) is 7.06. The molecule has 0 bridgehead atoms. The molecule has 0 aliphatic rings. The zero-order valence-corrected chi connectivity index (χ0v) is 8.46. The van der Waals surface area contributed by atoms with Gasteiger partial charge in [0, 0.05) is 12.3 Å². The first kappa shape index (κ1) is 10.7. The molecule has 0 fully saturated rings. The molecule has 2 nitrogen and oxygen atoms in total. The summed E-state index contributed by atoms with van der Waals surface area (Å²) in [7, 11) is 0. The maximum absolute atomic E-state index is 7.06. The van der Waals surface area contributed by atoms with Gasteiger partial charge in [0.25, 0.3) is 0 Å². The Bertz CT molecular complexity index is 325. The normalized spacial score (nSPS) is 12.1. The van der Waals surface area contributed by atoms with Crippen molar-refractivity contribution in [1.82, 2.24) is 0 Å². The summed E-state index contributed by atoms with van der Waals surface area (Å²) in [6.07, 6.45) is 2.15. The molecule has 1 aromatic carbocycles. The summed E-state index contributed by atoms with van der Waals surface area (Å²) in [5.74, 6) is 0. The highest BCUT2D eigenvalue weighted by atomic mass is 14.6. The number of nitrogens with two attached hydrogens (primary N) is 1. The van der Waals surface area contributed by atoms with E-state index in [4.69, 9.17) is 11.1 Å². The van der Waals surface area contributed by atoms with Crippen molar-refractivity contribution in [3.63, 3.8) is 0 Å². The Balaban J connectivity index is 2.68. The van der Waals surface area contributed by atoms with Crippen molar-refractivity contribution in [2.45, 2.75) is 19.4 Å². The molecule has 0 heterocycles. The minimum Gasteiger partial charge on any atom is -0.324 e. The second kappa shape index (κ2) is 4.72. The summed E-state index contributed by atoms with van der Waals surface area (Å²) < 4.78 is 0. The fourth-order valence-corrected chi connectivity index (χ4v) is 1.18. The van der Waals surface area contributed by atoms with Gasteiger partial charge in [-0.25, -0.2) is 0 Å². The van der Waals surface area contributed by atoms with Crippen molar-refractivity contribution in [3.05, 3.63) is 47.5 Å². The number of benzene rings is 1. The first-order chi connectivity index (χ1) is 6.63. The maximum Gasteiger partial charge on any atom is 0.0289 e. The van der Waals surface area contributed by atoms with E-state index in [2.05, 4.69) is 6.58 Å². The van der Waals surface area contributed by atoms with E-state index in [1.807, 2.05) is 31.2 Å². The number of hydrogen-bond donors (Lipinski definition) is 2. The van der Waals surface area contributed by atoms with Gasteiger partial charge in [-0.15, -0.1) is 0 Å². The molecule has 0 saturated heterocycles. The molecule has 0 saturated carbocycles. The predicted octanol–water partition coefficient (Wildman–Crippen LogP) is 2.13. The molecule has 2 heteroatoms. The third kappa shape index (κ3) is 2.82. The van der Waals surface area contributed by atoms with Crippen LogP contribution in [0, 0.1) is 5.41 Å². The summed E-state index contributed by atoms with van der Waals surface area (Å²) in [6, 6.07) is 7.88. The van der Waals surface area contributed by atoms with Crippen LogP contribution < -0.4 is 5.73 Å². The Labute approximate surface area is 85.0 Å². The highest BCUT2D eigenvalue weighted by Gasteiger charge is 2.03. The SMILES string of the molecule is C=C(C)C(N)Cc1ccc(C=N)cc1. The second-order valence-electron chi connectivity index (χ2n) is 3.54. The third-order valence-corrected chi connectivity index (χ3v) is 2.23. The van der Waals surface area contributed by atoms with E-state index < -0.39 is 0 Å². The van der Waals surface area contributed by atoms with Crippen LogP contribution in [0.2, 0.25) is 0 Å². The molecule has 1 rings (SSSR count). The smallest absolute Gasteiger partial charge is 0.0289 e. The topological polar surface area (TPSA) is 49.9 Å². The van der Waals surface area contributed by atoms with Crippen LogP contribution in [0.5, 0.6) is 0 Å². The highest BCUT2D eigenvalue weighted by molar-refractivity contribution is 5.76. The molecular weight excluding hydrogens is 172 g/mol. The van der Waals surface area contributed by atoms with Crippen molar-refractivity contribution in [2.75, 3.05) is 0 Å². The van der Waals surface area contributed by atoms with Crippen LogP contribution in [-0.4, -0.2) is 12.3 Å². The molecule has 1 aromatic rings. The van der Waals surface area contributed by atoms with Crippen molar-refractivity contribution in [2.24, 2.45) is 5.73 Å². The molecule has 1 unspecified atom stereocenters. The molecule has 1 atom stereocenters. The minimum absolute atomic E-state index is 0.0285. The van der Waals surface area contributed by atoms with E-state index in [1.165, 1.54) is 11.8 Å². The lowest BCUT2D eigenvalue weighted by molar-refractivity contribution is 0.766. The number of hydrogen-bond acceptors (Lipinski definition) is 2. The molecule has 74 valence electrons. The molecular formula is C12H16N2. The zero-order chi connectivity index (χ0) is 10.6. The van der Waals surface area contributed by atoms with Gasteiger partial charge < -0.3 is 11.1 Å². The van der Waals surface area contributed by atoms with E-state index in [-0.39, 0.29) is 6.04 Å². The van der Waals surface area contributed by atoms with Crippen LogP contribution in [0.1, 0.15) is 18.1 Å². The van der Waals surface area contributed by atoms with Gasteiger partial charge in [0.2, 0.25) is 0 Å². The lowest BCUT2D eigenvalue weighted by Crippen LogP contribution is -2.23. The van der Waals surface area contributed by atoms with E-state index in [9.17, 15) is 0 Å². The van der Waals surface area contributed by atoms with Gasteiger partial charge in [0.05, 0.1) is 0 Å². The molecule has 14 heavy (non-hydrogen) atoms. The quantitative estimate of drug-likeness (QED) is 0.552. The molecule has 0 spiro atoms. The molecule has 0 aliphatic heterocycles. The van der Waals surface area contributed by atoms with Gasteiger partial charge in [-0.2, -0.15) is 0 Å². The first-order valence-corrected chi connectivity index (χ1v) is 4.64. The average molecular weight is 188 g/mol.